The minimum atomic E-state index is -5.14. The van der Waals surface area contributed by atoms with Gasteiger partial charge in [0.15, 0.2) is 0 Å². The largest absolute Gasteiger partial charge is 0.489 e. The standard InChI is InChI=1S/C31H29Cl2F3N2O5/c1-41-30(31(34,35)36,21-15-22(32)17-23(33)16-21)27(39)38-13-11-29(12-14-38)25(18-37-28(40)43-29)24-9-5-6-10-26(24)42-19-20-7-3-2-4-8-20/h2-10,15-17,25H,11-14,18-19H2,1H3,(H,37,40). The molecule has 7 nitrogen and oxygen atoms in total. The summed E-state index contributed by atoms with van der Waals surface area (Å²) in [5.74, 6) is -1.10. The van der Waals surface area contributed by atoms with Crippen LogP contribution in [0.5, 0.6) is 5.75 Å². The van der Waals surface area contributed by atoms with Crippen molar-refractivity contribution in [3.05, 3.63) is 99.5 Å². The molecule has 5 rings (SSSR count). The number of halogens is 5. The molecule has 2 amide bonds. The summed E-state index contributed by atoms with van der Waals surface area (Å²) in [4.78, 5) is 27.3. The molecule has 0 bridgehead atoms. The van der Waals surface area contributed by atoms with Crippen LogP contribution in [0.1, 0.15) is 35.4 Å². The lowest BCUT2D eigenvalue weighted by molar-refractivity contribution is -0.271. The van der Waals surface area contributed by atoms with Crippen LogP contribution in [0.2, 0.25) is 10.0 Å². The molecule has 12 heteroatoms. The Hall–Kier alpha value is -3.47. The van der Waals surface area contributed by atoms with Crippen LogP contribution in [-0.2, 0) is 26.5 Å². The summed E-state index contributed by atoms with van der Waals surface area (Å²) in [6.07, 6.45) is -5.58. The van der Waals surface area contributed by atoms with Crippen molar-refractivity contribution in [2.45, 2.75) is 42.7 Å². The van der Waals surface area contributed by atoms with E-state index in [1.807, 2.05) is 54.6 Å². The maximum Gasteiger partial charge on any atom is 0.430 e. The monoisotopic (exact) mass is 636 g/mol. The minimum Gasteiger partial charge on any atom is -0.489 e. The first-order valence-corrected chi connectivity index (χ1v) is 14.3. The number of amides is 2. The maximum atomic E-state index is 14.7. The molecule has 0 saturated carbocycles. The molecular formula is C31H29Cl2F3N2O5. The van der Waals surface area contributed by atoms with Crippen molar-refractivity contribution >= 4 is 35.2 Å². The van der Waals surface area contributed by atoms with Crippen LogP contribution in [-0.4, -0.2) is 55.4 Å². The molecule has 2 fully saturated rings. The normalized spacial score (nSPS) is 19.7. The first kappa shape index (κ1) is 31.0. The lowest BCUT2D eigenvalue weighted by Gasteiger charge is -2.49. The predicted molar refractivity (Wildman–Crippen MR) is 154 cm³/mol. The van der Waals surface area contributed by atoms with Crippen LogP contribution >= 0.6 is 23.2 Å². The molecule has 3 aromatic carbocycles. The molecule has 0 aromatic heterocycles. The number of ether oxygens (including phenoxy) is 3. The van der Waals surface area contributed by atoms with E-state index in [9.17, 15) is 22.8 Å². The minimum absolute atomic E-state index is 0.0730. The Morgan fingerprint density at radius 2 is 1.65 bits per heavy atom. The molecule has 2 saturated heterocycles. The zero-order chi connectivity index (χ0) is 30.8. The van der Waals surface area contributed by atoms with Gasteiger partial charge in [-0.3, -0.25) is 4.79 Å². The summed E-state index contributed by atoms with van der Waals surface area (Å²) in [5.41, 5.74) is -3.19. The van der Waals surface area contributed by atoms with Gasteiger partial charge in [-0.15, -0.1) is 0 Å². The molecule has 0 aliphatic carbocycles. The number of nitrogens with zero attached hydrogens (tertiary/aromatic N) is 1. The molecule has 228 valence electrons. The van der Waals surface area contributed by atoms with E-state index in [4.69, 9.17) is 37.4 Å². The van der Waals surface area contributed by atoms with Gasteiger partial charge in [-0.05, 0) is 29.8 Å². The molecule has 1 spiro atoms. The number of para-hydroxylation sites is 1. The van der Waals surface area contributed by atoms with Crippen LogP contribution in [0.25, 0.3) is 0 Å². The maximum absolute atomic E-state index is 14.7. The van der Waals surface area contributed by atoms with Gasteiger partial charge in [-0.2, -0.15) is 13.2 Å². The van der Waals surface area contributed by atoms with E-state index in [1.54, 1.807) is 0 Å². The van der Waals surface area contributed by atoms with Crippen molar-refractivity contribution in [3.8, 4) is 5.75 Å². The molecule has 2 aliphatic heterocycles. The second-order valence-corrected chi connectivity index (χ2v) is 11.4. The van der Waals surface area contributed by atoms with Crippen molar-refractivity contribution in [2.75, 3.05) is 26.7 Å². The van der Waals surface area contributed by atoms with Gasteiger partial charge in [0.1, 0.15) is 18.0 Å². The Kier molecular flexibility index (Phi) is 8.83. The topological polar surface area (TPSA) is 77.1 Å². The summed E-state index contributed by atoms with van der Waals surface area (Å²) >= 11 is 12.0. The van der Waals surface area contributed by atoms with Crippen molar-refractivity contribution in [3.63, 3.8) is 0 Å². The highest BCUT2D eigenvalue weighted by molar-refractivity contribution is 6.34. The summed E-state index contributed by atoms with van der Waals surface area (Å²) in [6.45, 7) is 0.303. The van der Waals surface area contributed by atoms with Gasteiger partial charge in [0.25, 0.3) is 11.5 Å². The Morgan fingerprint density at radius 1 is 1.02 bits per heavy atom. The smallest absolute Gasteiger partial charge is 0.430 e. The lowest BCUT2D eigenvalue weighted by atomic mass is 9.74. The molecule has 2 aliphatic rings. The SMILES string of the molecule is COC(C(=O)N1CCC2(CC1)OC(=O)NCC2c1ccccc1OCc1ccccc1)(c1cc(Cl)cc(Cl)c1)C(F)(F)F. The van der Waals surface area contributed by atoms with Crippen LogP contribution in [0, 0.1) is 0 Å². The summed E-state index contributed by atoms with van der Waals surface area (Å²) < 4.78 is 61.2. The quantitative estimate of drug-likeness (QED) is 0.307. The number of alkyl halides is 3. The van der Waals surface area contributed by atoms with E-state index in [2.05, 4.69) is 5.32 Å². The molecule has 3 aromatic rings. The van der Waals surface area contributed by atoms with Gasteiger partial charge in [0.05, 0.1) is 0 Å². The van der Waals surface area contributed by atoms with Crippen molar-refractivity contribution in [1.29, 1.82) is 0 Å². The van der Waals surface area contributed by atoms with Crippen molar-refractivity contribution in [2.24, 2.45) is 0 Å². The number of methoxy groups -OCH3 is 1. The van der Waals surface area contributed by atoms with Crippen LogP contribution in [0.3, 0.4) is 0 Å². The fourth-order valence-electron chi connectivity index (χ4n) is 5.94. The molecule has 2 unspecified atom stereocenters. The van der Waals surface area contributed by atoms with E-state index < -0.39 is 40.9 Å². The van der Waals surface area contributed by atoms with Crippen LogP contribution in [0.15, 0.2) is 72.8 Å². The van der Waals surface area contributed by atoms with Crippen molar-refractivity contribution < 1.29 is 37.0 Å². The Morgan fingerprint density at radius 3 is 2.28 bits per heavy atom. The number of carbonyl (C=O) groups excluding carboxylic acids is 2. The van der Waals surface area contributed by atoms with Gasteiger partial charge in [0, 0.05) is 66.7 Å². The summed E-state index contributed by atoms with van der Waals surface area (Å²) in [7, 11) is 0.822. The number of rotatable bonds is 7. The average Bonchev–Trinajstić information content (AvgIpc) is 2.97. The van der Waals surface area contributed by atoms with Crippen LogP contribution in [0.4, 0.5) is 18.0 Å². The molecule has 1 N–H and O–H groups in total. The highest BCUT2D eigenvalue weighted by Gasteiger charge is 2.64. The van der Waals surface area contributed by atoms with Gasteiger partial charge in [0.2, 0.25) is 0 Å². The number of piperidine rings is 1. The molecular weight excluding hydrogens is 608 g/mol. The predicted octanol–water partition coefficient (Wildman–Crippen LogP) is 6.86. The molecule has 0 radical (unpaired) electrons. The summed E-state index contributed by atoms with van der Waals surface area (Å²) in [6, 6.07) is 20.3. The van der Waals surface area contributed by atoms with E-state index >= 15 is 0 Å². The fraction of sp³-hybridized carbons (Fsp3) is 0.355. The third-order valence-electron chi connectivity index (χ3n) is 8.09. The van der Waals surface area contributed by atoms with Gasteiger partial charge >= 0.3 is 12.3 Å². The number of carbonyl (C=O) groups is 2. The first-order valence-electron chi connectivity index (χ1n) is 13.6. The van der Waals surface area contributed by atoms with Gasteiger partial charge in [-0.25, -0.2) is 4.79 Å². The van der Waals surface area contributed by atoms with Gasteiger partial charge in [-0.1, -0.05) is 71.7 Å². The number of hydrogen-bond acceptors (Lipinski definition) is 5. The fourth-order valence-corrected chi connectivity index (χ4v) is 6.47. The number of nitrogens with one attached hydrogen (secondary N) is 1. The van der Waals surface area contributed by atoms with E-state index in [-0.39, 0.29) is 42.5 Å². The van der Waals surface area contributed by atoms with E-state index in [1.165, 1.54) is 6.07 Å². The first-order chi connectivity index (χ1) is 20.5. The third kappa shape index (κ3) is 6.01. The molecule has 2 atom stereocenters. The number of likely N-dealkylation sites (tertiary alicyclic amines) is 1. The summed E-state index contributed by atoms with van der Waals surface area (Å²) in [5, 5.41) is 2.59. The Bertz CT molecular complexity index is 1460. The zero-order valence-electron chi connectivity index (χ0n) is 23.1. The number of benzene rings is 3. The van der Waals surface area contributed by atoms with Gasteiger partial charge < -0.3 is 24.4 Å². The zero-order valence-corrected chi connectivity index (χ0v) is 24.6. The molecule has 43 heavy (non-hydrogen) atoms. The van der Waals surface area contributed by atoms with Crippen LogP contribution < -0.4 is 10.1 Å². The second-order valence-electron chi connectivity index (χ2n) is 10.5. The number of hydrogen-bond donors (Lipinski definition) is 1. The average molecular weight is 637 g/mol. The third-order valence-corrected chi connectivity index (χ3v) is 8.52. The highest BCUT2D eigenvalue weighted by atomic mass is 35.5. The van der Waals surface area contributed by atoms with E-state index in [0.717, 1.165) is 35.3 Å². The van der Waals surface area contributed by atoms with Crippen molar-refractivity contribution in [1.82, 2.24) is 10.2 Å². The van der Waals surface area contributed by atoms with E-state index in [0.29, 0.717) is 12.4 Å². The highest BCUT2D eigenvalue weighted by Crippen LogP contribution is 2.48. The number of alkyl carbamates (subject to hydrolysis) is 1. The molecule has 2 heterocycles. The Labute approximate surface area is 256 Å². The lowest BCUT2D eigenvalue weighted by Crippen LogP contribution is -2.62. The Balaban J connectivity index is 1.42. The second kappa shape index (κ2) is 12.3.